The molecular formula is C37H36FN3O3S. The minimum absolute atomic E-state index is 0.0469. The van der Waals surface area contributed by atoms with E-state index in [9.17, 15) is 14.0 Å². The van der Waals surface area contributed by atoms with E-state index >= 15 is 0 Å². The molecular weight excluding hydrogens is 585 g/mol. The van der Waals surface area contributed by atoms with Crippen molar-refractivity contribution in [3.8, 4) is 11.3 Å². The maximum Gasteiger partial charge on any atom is 0.255 e. The summed E-state index contributed by atoms with van der Waals surface area (Å²) in [5, 5.41) is 3.45. The first kappa shape index (κ1) is 30.5. The predicted molar refractivity (Wildman–Crippen MR) is 180 cm³/mol. The Balaban J connectivity index is 1.42. The molecule has 230 valence electrons. The fourth-order valence-corrected chi connectivity index (χ4v) is 6.74. The van der Waals surface area contributed by atoms with E-state index in [1.807, 2.05) is 84.9 Å². The average Bonchev–Trinajstić information content (AvgIpc) is 3.47. The van der Waals surface area contributed by atoms with Crippen molar-refractivity contribution in [2.75, 3.05) is 37.7 Å². The second kappa shape index (κ2) is 13.2. The van der Waals surface area contributed by atoms with Crippen LogP contribution in [-0.2, 0) is 4.79 Å². The molecule has 1 unspecified atom stereocenters. The van der Waals surface area contributed by atoms with Gasteiger partial charge in [-0.2, -0.15) is 0 Å². The van der Waals surface area contributed by atoms with E-state index in [4.69, 9.17) is 4.42 Å². The molecule has 0 bridgehead atoms. The topological polar surface area (TPSA) is 65.8 Å². The molecule has 1 fully saturated rings. The molecule has 6 rings (SSSR count). The number of likely N-dealkylation sites (tertiary alicyclic amines) is 1. The smallest absolute Gasteiger partial charge is 0.255 e. The molecule has 0 spiro atoms. The van der Waals surface area contributed by atoms with Crippen molar-refractivity contribution in [2.45, 2.75) is 24.7 Å². The molecule has 4 aromatic carbocycles. The Bertz CT molecular complexity index is 1770. The van der Waals surface area contributed by atoms with Gasteiger partial charge in [-0.3, -0.25) is 9.59 Å². The van der Waals surface area contributed by atoms with Crippen LogP contribution in [0, 0.1) is 5.82 Å². The number of nitrogens with one attached hydrogen (secondary N) is 1. The van der Waals surface area contributed by atoms with Gasteiger partial charge in [-0.25, -0.2) is 4.39 Å². The van der Waals surface area contributed by atoms with E-state index in [0.29, 0.717) is 40.9 Å². The van der Waals surface area contributed by atoms with Gasteiger partial charge in [0.1, 0.15) is 17.2 Å². The van der Waals surface area contributed by atoms with Gasteiger partial charge in [-0.05, 0) is 59.9 Å². The monoisotopic (exact) mass is 621 g/mol. The van der Waals surface area contributed by atoms with Gasteiger partial charge in [0.15, 0.2) is 0 Å². The lowest BCUT2D eigenvalue weighted by atomic mass is 9.85. The lowest BCUT2D eigenvalue weighted by Crippen LogP contribution is -2.42. The zero-order valence-corrected chi connectivity index (χ0v) is 26.4. The van der Waals surface area contributed by atoms with Crippen molar-refractivity contribution >= 4 is 40.4 Å². The second-order valence-corrected chi connectivity index (χ2v) is 12.3. The van der Waals surface area contributed by atoms with Crippen LogP contribution in [0.1, 0.15) is 51.7 Å². The number of halogens is 1. The van der Waals surface area contributed by atoms with E-state index in [2.05, 4.69) is 15.7 Å². The third-order valence-electron chi connectivity index (χ3n) is 8.70. The molecule has 1 aliphatic rings. The molecule has 0 radical (unpaired) electrons. The third kappa shape index (κ3) is 6.07. The molecule has 1 atom stereocenters. The highest BCUT2D eigenvalue weighted by Gasteiger charge is 2.33. The van der Waals surface area contributed by atoms with Crippen molar-refractivity contribution in [1.29, 1.82) is 0 Å². The Morgan fingerprint density at radius 1 is 0.978 bits per heavy atom. The van der Waals surface area contributed by atoms with Crippen molar-refractivity contribution in [3.63, 3.8) is 0 Å². The predicted octanol–water partition coefficient (Wildman–Crippen LogP) is 7.85. The maximum atomic E-state index is 14.3. The fourth-order valence-electron chi connectivity index (χ4n) is 6.38. The van der Waals surface area contributed by atoms with Gasteiger partial charge >= 0.3 is 0 Å². The number of furan rings is 1. The summed E-state index contributed by atoms with van der Waals surface area (Å²) in [5.41, 5.74) is 5.59. The van der Waals surface area contributed by atoms with Gasteiger partial charge in [-0.1, -0.05) is 72.6 Å². The molecule has 1 aliphatic heterocycles. The highest BCUT2D eigenvalue weighted by Crippen LogP contribution is 2.43. The van der Waals surface area contributed by atoms with Crippen LogP contribution in [0.5, 0.6) is 0 Å². The number of anilines is 1. The zero-order valence-electron chi connectivity index (χ0n) is 25.6. The third-order valence-corrected chi connectivity index (χ3v) is 9.44. The molecule has 0 saturated carbocycles. The van der Waals surface area contributed by atoms with E-state index < -0.39 is 5.92 Å². The minimum Gasteiger partial charge on any atom is -0.455 e. The lowest BCUT2D eigenvalue weighted by Gasteiger charge is -2.37. The average molecular weight is 622 g/mol. The summed E-state index contributed by atoms with van der Waals surface area (Å²) in [4.78, 5) is 29.6. The van der Waals surface area contributed by atoms with Crippen molar-refractivity contribution < 1.29 is 18.4 Å². The zero-order chi connectivity index (χ0) is 31.5. The van der Waals surface area contributed by atoms with Crippen molar-refractivity contribution in [2.24, 2.45) is 0 Å². The van der Waals surface area contributed by atoms with Crippen molar-refractivity contribution in [1.82, 2.24) is 10.2 Å². The summed E-state index contributed by atoms with van der Waals surface area (Å²) < 4.78 is 22.2. The molecule has 1 aromatic heterocycles. The number of hydrogen-bond donors (Lipinski definition) is 1. The van der Waals surface area contributed by atoms with Gasteiger partial charge < -0.3 is 18.9 Å². The SMILES string of the molecule is CNC(=O)c1c(-c2ccc(F)cc2)oc2cc(N(C)SC)c(C3CCCN(C(=O)C(c4ccccc4)c4ccccc4)C3)cc12. The number of carbonyl (C=O) groups is 2. The molecule has 2 amide bonds. The lowest BCUT2D eigenvalue weighted by molar-refractivity contribution is -0.133. The summed E-state index contributed by atoms with van der Waals surface area (Å²) in [5.74, 6) is -0.501. The molecule has 8 heteroatoms. The first-order valence-electron chi connectivity index (χ1n) is 15.1. The Labute approximate surface area is 267 Å². The van der Waals surface area contributed by atoms with Crippen molar-refractivity contribution in [3.05, 3.63) is 125 Å². The Morgan fingerprint density at radius 3 is 2.22 bits per heavy atom. The van der Waals surface area contributed by atoms with E-state index in [1.54, 1.807) is 31.1 Å². The largest absolute Gasteiger partial charge is 0.455 e. The molecule has 45 heavy (non-hydrogen) atoms. The molecule has 1 N–H and O–H groups in total. The number of fused-ring (bicyclic) bond motifs is 1. The Morgan fingerprint density at radius 2 is 1.62 bits per heavy atom. The van der Waals surface area contributed by atoms with E-state index in [0.717, 1.165) is 35.2 Å². The van der Waals surface area contributed by atoms with E-state index in [1.165, 1.54) is 12.1 Å². The van der Waals surface area contributed by atoms with E-state index in [-0.39, 0.29) is 23.5 Å². The van der Waals surface area contributed by atoms with Gasteiger partial charge in [-0.15, -0.1) is 0 Å². The Kier molecular flexibility index (Phi) is 8.94. The van der Waals surface area contributed by atoms with Gasteiger partial charge in [0.25, 0.3) is 5.91 Å². The van der Waals surface area contributed by atoms with Crippen LogP contribution in [0.4, 0.5) is 10.1 Å². The summed E-state index contributed by atoms with van der Waals surface area (Å²) in [6.45, 7) is 1.25. The summed E-state index contributed by atoms with van der Waals surface area (Å²) >= 11 is 1.58. The molecule has 5 aromatic rings. The highest BCUT2D eigenvalue weighted by atomic mass is 32.2. The number of hydrogen-bond acceptors (Lipinski definition) is 5. The molecule has 6 nitrogen and oxygen atoms in total. The number of benzene rings is 4. The molecule has 2 heterocycles. The number of nitrogens with zero attached hydrogens (tertiary/aromatic N) is 2. The number of amides is 2. The quantitative estimate of drug-likeness (QED) is 0.179. The summed E-state index contributed by atoms with van der Waals surface area (Å²) in [7, 11) is 3.60. The normalized spacial score (nSPS) is 15.0. The summed E-state index contributed by atoms with van der Waals surface area (Å²) in [6.07, 6.45) is 3.78. The first-order valence-corrected chi connectivity index (χ1v) is 16.3. The van der Waals surface area contributed by atoms with Crippen LogP contribution < -0.4 is 9.62 Å². The van der Waals surface area contributed by atoms with Crippen LogP contribution in [0.15, 0.2) is 101 Å². The first-order chi connectivity index (χ1) is 21.9. The molecule has 1 saturated heterocycles. The summed E-state index contributed by atoms with van der Waals surface area (Å²) in [6, 6.07) is 29.9. The van der Waals surface area contributed by atoms with Gasteiger partial charge in [0.2, 0.25) is 5.91 Å². The number of carbonyl (C=O) groups excluding carboxylic acids is 2. The highest BCUT2D eigenvalue weighted by molar-refractivity contribution is 7.99. The fraction of sp³-hybridized carbons (Fsp3) is 0.243. The standard InChI is InChI=1S/C37H36FN3O3S/c1-39-36(42)34-30-21-29(31(40(2)45-3)22-32(30)44-35(34)26-16-18-28(38)19-17-26)27-15-10-20-41(23-27)37(43)33(24-11-6-4-7-12-24)25-13-8-5-9-14-25/h4-9,11-14,16-19,21-22,27,33H,10,15,20,23H2,1-3H3,(H,39,42). The van der Waals surface area contributed by atoms with Gasteiger partial charge in [0, 0.05) is 56.4 Å². The van der Waals surface area contributed by atoms with Crippen LogP contribution in [-0.4, -0.2) is 50.2 Å². The number of piperidine rings is 1. The second-order valence-electron chi connectivity index (χ2n) is 11.4. The minimum atomic E-state index is -0.394. The van der Waals surface area contributed by atoms with Crippen LogP contribution >= 0.6 is 11.9 Å². The molecule has 0 aliphatic carbocycles. The Hall–Kier alpha value is -4.56. The van der Waals surface area contributed by atoms with Crippen LogP contribution in [0.2, 0.25) is 0 Å². The number of rotatable bonds is 8. The maximum absolute atomic E-state index is 14.3. The van der Waals surface area contributed by atoms with Gasteiger partial charge in [0.05, 0.1) is 17.2 Å². The van der Waals surface area contributed by atoms with Crippen LogP contribution in [0.25, 0.3) is 22.3 Å². The van der Waals surface area contributed by atoms with Crippen LogP contribution in [0.3, 0.4) is 0 Å².